The highest BCUT2D eigenvalue weighted by molar-refractivity contribution is 7.14. The van der Waals surface area contributed by atoms with Crippen LogP contribution in [0.4, 0.5) is 10.3 Å². The van der Waals surface area contributed by atoms with Crippen LogP contribution in [0.1, 0.15) is 13.3 Å². The van der Waals surface area contributed by atoms with E-state index in [1.165, 1.54) is 0 Å². The van der Waals surface area contributed by atoms with Gasteiger partial charge in [0.05, 0.1) is 0 Å². The van der Waals surface area contributed by atoms with Gasteiger partial charge >= 0.3 is 0 Å². The lowest BCUT2D eigenvalue weighted by Crippen LogP contribution is -2.07. The second kappa shape index (κ2) is 5.46. The Morgan fingerprint density at radius 3 is 2.53 bits per heavy atom. The van der Waals surface area contributed by atoms with Crippen molar-refractivity contribution in [3.63, 3.8) is 0 Å². The van der Waals surface area contributed by atoms with E-state index in [0.29, 0.717) is 0 Å². The minimum atomic E-state index is 0.956. The molecule has 2 rings (SSSR count). The van der Waals surface area contributed by atoms with Crippen LogP contribution in [0.25, 0.3) is 11.4 Å². The summed E-state index contributed by atoms with van der Waals surface area (Å²) in [5.74, 6) is 0. The van der Waals surface area contributed by atoms with Crippen LogP contribution in [0, 0.1) is 0 Å². The first-order valence-corrected chi connectivity index (χ1v) is 7.29. The molecule has 0 saturated heterocycles. The van der Waals surface area contributed by atoms with Crippen molar-refractivity contribution >= 4 is 32.9 Å². The topological polar surface area (TPSA) is 41.1 Å². The molecular weight excluding hydrogens is 252 g/mol. The first-order chi connectivity index (χ1) is 8.20. The largest absolute Gasteiger partial charge is 0.362 e. The molecule has 2 aromatic heterocycles. The van der Waals surface area contributed by atoms with Crippen molar-refractivity contribution in [3.8, 4) is 11.4 Å². The average Bonchev–Trinajstić information content (AvgIpc) is 2.94. The molecule has 2 aromatic rings. The molecule has 6 heteroatoms. The summed E-state index contributed by atoms with van der Waals surface area (Å²) in [6.07, 6.45) is 1.11. The Labute approximate surface area is 109 Å². The molecule has 0 radical (unpaired) electrons. The van der Waals surface area contributed by atoms with Crippen molar-refractivity contribution in [2.75, 3.05) is 30.9 Å². The first kappa shape index (κ1) is 12.3. The van der Waals surface area contributed by atoms with Gasteiger partial charge in [-0.1, -0.05) is 6.92 Å². The summed E-state index contributed by atoms with van der Waals surface area (Å²) in [6.45, 7) is 3.11. The van der Waals surface area contributed by atoms with Crippen molar-refractivity contribution in [2.45, 2.75) is 13.3 Å². The summed E-state index contributed by atoms with van der Waals surface area (Å²) in [4.78, 5) is 11.1. The maximum Gasteiger partial charge on any atom is 0.185 e. The lowest BCUT2D eigenvalue weighted by atomic mass is 10.4. The van der Waals surface area contributed by atoms with Crippen LogP contribution in [0.5, 0.6) is 0 Å². The summed E-state index contributed by atoms with van der Waals surface area (Å²) < 4.78 is 0. The Kier molecular flexibility index (Phi) is 3.96. The summed E-state index contributed by atoms with van der Waals surface area (Å²) in [5, 5.41) is 9.37. The van der Waals surface area contributed by atoms with E-state index in [-0.39, 0.29) is 0 Å². The monoisotopic (exact) mass is 268 g/mol. The van der Waals surface area contributed by atoms with Crippen molar-refractivity contribution in [1.82, 2.24) is 9.97 Å². The molecular formula is C11H16N4S2. The zero-order valence-electron chi connectivity index (χ0n) is 10.2. The normalized spacial score (nSPS) is 10.5. The van der Waals surface area contributed by atoms with Gasteiger partial charge in [0.15, 0.2) is 10.3 Å². The molecule has 0 aliphatic rings. The number of nitrogens with one attached hydrogen (secondary N) is 1. The third-order valence-corrected chi connectivity index (χ3v) is 3.98. The molecule has 0 saturated carbocycles. The van der Waals surface area contributed by atoms with Crippen LogP contribution < -0.4 is 10.2 Å². The predicted octanol–water partition coefficient (Wildman–Crippen LogP) is 3.15. The fourth-order valence-electron chi connectivity index (χ4n) is 1.29. The van der Waals surface area contributed by atoms with Crippen LogP contribution in [0.2, 0.25) is 0 Å². The Hall–Kier alpha value is -1.14. The fraction of sp³-hybridized carbons (Fsp3) is 0.455. The molecule has 0 aliphatic heterocycles. The quantitative estimate of drug-likeness (QED) is 0.904. The minimum absolute atomic E-state index is 0.956. The van der Waals surface area contributed by atoms with Crippen molar-refractivity contribution < 1.29 is 0 Å². The van der Waals surface area contributed by atoms with Gasteiger partial charge in [0.25, 0.3) is 0 Å². The lowest BCUT2D eigenvalue weighted by molar-refractivity contribution is 0.976. The van der Waals surface area contributed by atoms with E-state index in [0.717, 1.165) is 34.6 Å². The zero-order valence-corrected chi connectivity index (χ0v) is 11.9. The molecule has 0 atom stereocenters. The van der Waals surface area contributed by atoms with E-state index >= 15 is 0 Å². The number of hydrogen-bond acceptors (Lipinski definition) is 6. The molecule has 4 nitrogen and oxygen atoms in total. The van der Waals surface area contributed by atoms with E-state index < -0.39 is 0 Å². The van der Waals surface area contributed by atoms with Gasteiger partial charge in [0.1, 0.15) is 11.4 Å². The molecule has 0 fully saturated rings. The highest BCUT2D eigenvalue weighted by Crippen LogP contribution is 2.28. The number of rotatable bonds is 5. The first-order valence-electron chi connectivity index (χ1n) is 5.53. The van der Waals surface area contributed by atoms with Gasteiger partial charge in [0, 0.05) is 31.4 Å². The van der Waals surface area contributed by atoms with Gasteiger partial charge in [-0.05, 0) is 6.42 Å². The van der Waals surface area contributed by atoms with E-state index in [1.807, 2.05) is 29.8 Å². The number of aromatic nitrogens is 2. The molecule has 2 heterocycles. The number of nitrogens with zero attached hydrogens (tertiary/aromatic N) is 3. The molecule has 1 N–H and O–H groups in total. The summed E-state index contributed by atoms with van der Waals surface area (Å²) >= 11 is 3.27. The van der Waals surface area contributed by atoms with E-state index in [4.69, 9.17) is 0 Å². The van der Waals surface area contributed by atoms with Crippen molar-refractivity contribution in [2.24, 2.45) is 0 Å². The molecule has 0 bridgehead atoms. The van der Waals surface area contributed by atoms with Gasteiger partial charge in [0.2, 0.25) is 0 Å². The van der Waals surface area contributed by atoms with Gasteiger partial charge in [-0.15, -0.1) is 22.7 Å². The van der Waals surface area contributed by atoms with E-state index in [2.05, 4.69) is 22.2 Å². The fourth-order valence-corrected chi connectivity index (χ4v) is 2.78. The Morgan fingerprint density at radius 1 is 1.18 bits per heavy atom. The van der Waals surface area contributed by atoms with Gasteiger partial charge < -0.3 is 10.2 Å². The van der Waals surface area contributed by atoms with E-state index in [9.17, 15) is 0 Å². The van der Waals surface area contributed by atoms with Crippen LogP contribution in [-0.2, 0) is 0 Å². The average molecular weight is 268 g/mol. The van der Waals surface area contributed by atoms with Gasteiger partial charge in [-0.25, -0.2) is 9.97 Å². The third-order valence-electron chi connectivity index (χ3n) is 2.17. The van der Waals surface area contributed by atoms with Gasteiger partial charge in [-0.3, -0.25) is 0 Å². The molecule has 17 heavy (non-hydrogen) atoms. The van der Waals surface area contributed by atoms with Gasteiger partial charge in [-0.2, -0.15) is 0 Å². The smallest absolute Gasteiger partial charge is 0.185 e. The summed E-state index contributed by atoms with van der Waals surface area (Å²) in [6, 6.07) is 0. The Balaban J connectivity index is 2.13. The maximum absolute atomic E-state index is 4.53. The molecule has 0 spiro atoms. The SMILES string of the molecule is CCCNc1nc(-c2csc(N(C)C)n2)cs1. The van der Waals surface area contributed by atoms with Crippen LogP contribution >= 0.6 is 22.7 Å². The Morgan fingerprint density at radius 2 is 1.88 bits per heavy atom. The molecule has 0 amide bonds. The highest BCUT2D eigenvalue weighted by Gasteiger charge is 2.09. The Bertz CT molecular complexity index is 475. The second-order valence-corrected chi connectivity index (χ2v) is 5.57. The molecule has 0 aromatic carbocycles. The highest BCUT2D eigenvalue weighted by atomic mass is 32.1. The molecule has 92 valence electrons. The zero-order chi connectivity index (χ0) is 12.3. The van der Waals surface area contributed by atoms with Crippen molar-refractivity contribution in [1.29, 1.82) is 0 Å². The molecule has 0 aliphatic carbocycles. The predicted molar refractivity (Wildman–Crippen MR) is 76.3 cm³/mol. The van der Waals surface area contributed by atoms with E-state index in [1.54, 1.807) is 22.7 Å². The summed E-state index contributed by atoms with van der Waals surface area (Å²) in [5.41, 5.74) is 1.91. The molecule has 0 unspecified atom stereocenters. The van der Waals surface area contributed by atoms with Crippen LogP contribution in [-0.4, -0.2) is 30.6 Å². The standard InChI is InChI=1S/C11H16N4S2/c1-4-5-12-10-13-8(6-16-10)9-7-17-11(14-9)15(2)3/h6-7H,4-5H2,1-3H3,(H,12,13). The maximum atomic E-state index is 4.53. The number of thiazole rings is 2. The number of hydrogen-bond donors (Lipinski definition) is 1. The van der Waals surface area contributed by atoms with Crippen molar-refractivity contribution in [3.05, 3.63) is 10.8 Å². The third kappa shape index (κ3) is 2.95. The number of anilines is 2. The minimum Gasteiger partial charge on any atom is -0.362 e. The van der Waals surface area contributed by atoms with Crippen LogP contribution in [0.3, 0.4) is 0 Å². The second-order valence-electron chi connectivity index (χ2n) is 3.87. The lowest BCUT2D eigenvalue weighted by Gasteiger charge is -2.05. The van der Waals surface area contributed by atoms with Crippen LogP contribution in [0.15, 0.2) is 10.8 Å². The summed E-state index contributed by atoms with van der Waals surface area (Å²) in [7, 11) is 4.00.